The molecule has 3 rings (SSSR count). The molecule has 0 spiro atoms. The van der Waals surface area contributed by atoms with Crippen molar-refractivity contribution < 1.29 is 42.7 Å². The summed E-state index contributed by atoms with van der Waals surface area (Å²) < 4.78 is 48.4. The topological polar surface area (TPSA) is 90.9 Å². The lowest BCUT2D eigenvalue weighted by molar-refractivity contribution is -0.142. The number of carbonyl (C=O) groups is 1. The lowest BCUT2D eigenvalue weighted by Crippen LogP contribution is -2.34. The molecule has 9 heteroatoms. The molecule has 0 bridgehead atoms. The summed E-state index contributed by atoms with van der Waals surface area (Å²) in [6.07, 6.45) is 28.7. The average Bonchev–Trinajstić information content (AvgIpc) is 3.42. The summed E-state index contributed by atoms with van der Waals surface area (Å²) in [5.41, 5.74) is 2.45. The predicted molar refractivity (Wildman–Crippen MR) is 314 cm³/mol. The molecule has 0 aliphatic carbocycles. The van der Waals surface area contributed by atoms with Gasteiger partial charge in [-0.05, 0) is 72.5 Å². The zero-order valence-electron chi connectivity index (χ0n) is 48.9. The van der Waals surface area contributed by atoms with Crippen molar-refractivity contribution >= 4 is 5.97 Å². The van der Waals surface area contributed by atoms with E-state index in [4.69, 9.17) is 37.9 Å². The number of benzene rings is 3. The smallest absolute Gasteiger partial charge is 0.306 e. The van der Waals surface area contributed by atoms with Gasteiger partial charge in [-0.1, -0.05) is 241 Å². The van der Waals surface area contributed by atoms with Crippen molar-refractivity contribution in [3.63, 3.8) is 0 Å². The molecule has 4 atom stereocenters. The van der Waals surface area contributed by atoms with Crippen LogP contribution < -0.4 is 0 Å². The van der Waals surface area contributed by atoms with E-state index in [0.717, 1.165) is 79.4 Å². The normalized spacial score (nSPS) is 13.6. The van der Waals surface area contributed by atoms with Crippen LogP contribution in [-0.4, -0.2) is 98.0 Å². The van der Waals surface area contributed by atoms with Gasteiger partial charge in [0.15, 0.2) is 0 Å². The molecule has 0 amide bonds. The van der Waals surface area contributed by atoms with Gasteiger partial charge in [0.1, 0.15) is 18.3 Å². The van der Waals surface area contributed by atoms with E-state index < -0.39 is 5.60 Å². The maximum atomic E-state index is 12.1. The number of hydrogen-bond acceptors (Lipinski definition) is 9. The van der Waals surface area contributed by atoms with Gasteiger partial charge in [0, 0.05) is 19.6 Å². The SMILES string of the molecule is CCCCCC/C=C\COC(=O)CCCCCCCOCC(COCCOCCOCCOCCOC(c1ccccc1)(c1ccccc1)c1ccccc1)OCCC(C)CCC[C@H](C)CCC[C@H](C)CCCC(C)C. The Hall–Kier alpha value is -3.41. The predicted octanol–water partition coefficient (Wildman–Crippen LogP) is 16.3. The molecular formula is C67H108O9. The van der Waals surface area contributed by atoms with Gasteiger partial charge in [-0.15, -0.1) is 0 Å². The Morgan fingerprint density at radius 2 is 0.895 bits per heavy atom. The quantitative estimate of drug-likeness (QED) is 0.0237. The molecule has 0 saturated heterocycles. The van der Waals surface area contributed by atoms with Crippen molar-refractivity contribution in [2.45, 2.75) is 188 Å². The minimum atomic E-state index is -0.763. The van der Waals surface area contributed by atoms with Crippen molar-refractivity contribution in [3.8, 4) is 0 Å². The summed E-state index contributed by atoms with van der Waals surface area (Å²) in [5.74, 6) is 3.01. The van der Waals surface area contributed by atoms with Crippen molar-refractivity contribution in [1.82, 2.24) is 0 Å². The number of esters is 1. The van der Waals surface area contributed by atoms with E-state index in [-0.39, 0.29) is 12.1 Å². The second-order valence-corrected chi connectivity index (χ2v) is 21.9. The third-order valence-electron chi connectivity index (χ3n) is 14.4. The van der Waals surface area contributed by atoms with E-state index in [1.165, 1.54) is 83.5 Å². The van der Waals surface area contributed by atoms with Crippen LogP contribution in [0.3, 0.4) is 0 Å². The molecule has 0 heterocycles. The van der Waals surface area contributed by atoms with Crippen LogP contribution in [0.15, 0.2) is 103 Å². The van der Waals surface area contributed by atoms with Crippen molar-refractivity contribution in [3.05, 3.63) is 120 Å². The summed E-state index contributed by atoms with van der Waals surface area (Å²) in [4.78, 5) is 12.1. The van der Waals surface area contributed by atoms with Crippen molar-refractivity contribution in [2.75, 3.05) is 85.9 Å². The van der Waals surface area contributed by atoms with Crippen LogP contribution >= 0.6 is 0 Å². The van der Waals surface area contributed by atoms with E-state index in [1.54, 1.807) is 0 Å². The highest BCUT2D eigenvalue weighted by Gasteiger charge is 2.37. The Morgan fingerprint density at radius 3 is 1.42 bits per heavy atom. The molecule has 0 aliphatic heterocycles. The Balaban J connectivity index is 1.29. The monoisotopic (exact) mass is 1060 g/mol. The maximum Gasteiger partial charge on any atom is 0.306 e. The van der Waals surface area contributed by atoms with Gasteiger partial charge in [0.05, 0.1) is 66.1 Å². The van der Waals surface area contributed by atoms with Crippen molar-refractivity contribution in [2.24, 2.45) is 23.7 Å². The minimum Gasteiger partial charge on any atom is -0.461 e. The van der Waals surface area contributed by atoms with E-state index in [9.17, 15) is 4.79 Å². The Labute approximate surface area is 464 Å². The Bertz CT molecular complexity index is 1680. The van der Waals surface area contributed by atoms with Crippen LogP contribution in [0.25, 0.3) is 0 Å². The second kappa shape index (κ2) is 45.5. The first-order chi connectivity index (χ1) is 37.2. The summed E-state index contributed by atoms with van der Waals surface area (Å²) in [6, 6.07) is 31.2. The molecule has 2 unspecified atom stereocenters. The molecule has 3 aromatic rings. The van der Waals surface area contributed by atoms with Crippen molar-refractivity contribution in [1.29, 1.82) is 0 Å². The number of carbonyl (C=O) groups excluding carboxylic acids is 1. The van der Waals surface area contributed by atoms with Crippen LogP contribution in [0.4, 0.5) is 0 Å². The standard InChI is InChI=1S/C67H108O9/c1-7-8-9-10-11-15-27-46-75-66(68)43-25-13-12-14-26-45-72-56-65(74-47-44-61(6)36-30-35-60(5)34-29-33-59(4)32-28-31-58(2)3)57-73-53-52-70-49-48-69-50-51-71-54-55-76-67(62-37-19-16-20-38-62,63-39-21-17-22-40-63)64-41-23-18-24-42-64/h15-24,27,37-42,58-61,65H,7-14,25-26,28-36,43-57H2,1-6H3/b27-15-/t59-,60-,61?,65?/m1/s1. The first-order valence-electron chi connectivity index (χ1n) is 30.4. The summed E-state index contributed by atoms with van der Waals surface area (Å²) in [5, 5.41) is 0. The molecule has 0 aromatic heterocycles. The Kier molecular flexibility index (Phi) is 40.0. The molecule has 0 aliphatic rings. The number of unbranched alkanes of at least 4 members (excludes halogenated alkanes) is 8. The zero-order valence-corrected chi connectivity index (χ0v) is 48.9. The van der Waals surface area contributed by atoms with E-state index in [2.05, 4.69) is 120 Å². The summed E-state index contributed by atoms with van der Waals surface area (Å²) in [6.45, 7) is 20.7. The highest BCUT2D eigenvalue weighted by atomic mass is 16.6. The van der Waals surface area contributed by atoms with E-state index >= 15 is 0 Å². The largest absolute Gasteiger partial charge is 0.461 e. The van der Waals surface area contributed by atoms with Crippen LogP contribution in [0, 0.1) is 23.7 Å². The first-order valence-corrected chi connectivity index (χ1v) is 30.4. The van der Waals surface area contributed by atoms with Crippen LogP contribution in [0.5, 0.6) is 0 Å². The van der Waals surface area contributed by atoms with Gasteiger partial charge < -0.3 is 37.9 Å². The fourth-order valence-electron chi connectivity index (χ4n) is 9.72. The van der Waals surface area contributed by atoms with Crippen LogP contribution in [0.1, 0.15) is 193 Å². The molecular weight excluding hydrogens is 949 g/mol. The Morgan fingerprint density at radius 1 is 0.447 bits per heavy atom. The van der Waals surface area contributed by atoms with Gasteiger partial charge >= 0.3 is 5.97 Å². The van der Waals surface area contributed by atoms with Gasteiger partial charge in [0.2, 0.25) is 0 Å². The molecule has 0 N–H and O–H groups in total. The van der Waals surface area contributed by atoms with Gasteiger partial charge in [-0.25, -0.2) is 0 Å². The summed E-state index contributed by atoms with van der Waals surface area (Å²) >= 11 is 0. The molecule has 0 radical (unpaired) electrons. The third-order valence-corrected chi connectivity index (χ3v) is 14.4. The molecule has 76 heavy (non-hydrogen) atoms. The number of hydrogen-bond donors (Lipinski definition) is 0. The molecule has 9 nitrogen and oxygen atoms in total. The van der Waals surface area contributed by atoms with Gasteiger partial charge in [0.25, 0.3) is 0 Å². The molecule has 0 saturated carbocycles. The average molecular weight is 1060 g/mol. The molecule has 0 fully saturated rings. The van der Waals surface area contributed by atoms with Crippen LogP contribution in [-0.2, 0) is 48.3 Å². The summed E-state index contributed by atoms with van der Waals surface area (Å²) in [7, 11) is 0. The number of rotatable bonds is 51. The molecule has 430 valence electrons. The van der Waals surface area contributed by atoms with E-state index in [0.29, 0.717) is 98.2 Å². The fourth-order valence-corrected chi connectivity index (χ4v) is 9.72. The number of ether oxygens (including phenoxy) is 8. The highest BCUT2D eigenvalue weighted by molar-refractivity contribution is 5.69. The lowest BCUT2D eigenvalue weighted by Gasteiger charge is -2.36. The molecule has 3 aromatic carbocycles. The zero-order chi connectivity index (χ0) is 54.4. The van der Waals surface area contributed by atoms with Gasteiger partial charge in [-0.3, -0.25) is 4.79 Å². The van der Waals surface area contributed by atoms with Crippen LogP contribution in [0.2, 0.25) is 0 Å². The van der Waals surface area contributed by atoms with E-state index in [1.807, 2.05) is 24.3 Å². The third kappa shape index (κ3) is 32.5. The second-order valence-electron chi connectivity index (χ2n) is 21.9. The lowest BCUT2D eigenvalue weighted by atomic mass is 9.80. The van der Waals surface area contributed by atoms with Gasteiger partial charge in [-0.2, -0.15) is 0 Å². The highest BCUT2D eigenvalue weighted by Crippen LogP contribution is 2.40. The number of allylic oxidation sites excluding steroid dienone is 1. The minimum absolute atomic E-state index is 0.0966. The first kappa shape index (κ1) is 66.9. The fraction of sp³-hybridized carbons (Fsp3) is 0.687. The maximum absolute atomic E-state index is 12.1.